The topological polar surface area (TPSA) is 94.2 Å². The predicted octanol–water partition coefficient (Wildman–Crippen LogP) is 2.12. The summed E-state index contributed by atoms with van der Waals surface area (Å²) in [5.74, 6) is 1.10. The molecule has 28 heavy (non-hydrogen) atoms. The van der Waals surface area contributed by atoms with E-state index in [1.54, 1.807) is 37.4 Å². The molecule has 0 saturated carbocycles. The number of carbonyl (C=O) groups is 1. The third-order valence-corrected chi connectivity index (χ3v) is 5.97. The minimum Gasteiger partial charge on any atom is -0.497 e. The molecule has 1 aliphatic heterocycles. The molecule has 0 saturated heterocycles. The second-order valence-corrected chi connectivity index (χ2v) is 8.24. The van der Waals surface area contributed by atoms with E-state index in [0.29, 0.717) is 36.1 Å². The van der Waals surface area contributed by atoms with Crippen LogP contribution in [0.5, 0.6) is 17.2 Å². The molecular formula is C19H22N2O6S. The van der Waals surface area contributed by atoms with Crippen LogP contribution in [0.15, 0.2) is 47.4 Å². The third kappa shape index (κ3) is 4.55. The lowest BCUT2D eigenvalue weighted by Crippen LogP contribution is -2.35. The van der Waals surface area contributed by atoms with Crippen molar-refractivity contribution in [1.29, 1.82) is 0 Å². The maximum atomic E-state index is 12.8. The number of nitrogens with one attached hydrogen (secondary N) is 1. The smallest absolute Gasteiger partial charge is 0.243 e. The lowest BCUT2D eigenvalue weighted by Gasteiger charge is -2.18. The molecule has 0 bridgehead atoms. The quantitative estimate of drug-likeness (QED) is 0.790. The summed E-state index contributed by atoms with van der Waals surface area (Å²) in [6, 6.07) is 11.2. The zero-order valence-corrected chi connectivity index (χ0v) is 16.5. The van der Waals surface area contributed by atoms with Gasteiger partial charge in [0.25, 0.3) is 0 Å². The normalized spacial score (nSPS) is 13.7. The molecule has 1 N–H and O–H groups in total. The van der Waals surface area contributed by atoms with Gasteiger partial charge in [-0.2, -0.15) is 4.31 Å². The summed E-state index contributed by atoms with van der Waals surface area (Å²) in [6.07, 6.45) is 0.724. The van der Waals surface area contributed by atoms with Gasteiger partial charge in [-0.3, -0.25) is 4.79 Å². The molecule has 2 aromatic rings. The van der Waals surface area contributed by atoms with Gasteiger partial charge in [0.05, 0.1) is 31.8 Å². The van der Waals surface area contributed by atoms with Crippen molar-refractivity contribution in [2.75, 3.05) is 39.2 Å². The molecule has 0 unspecified atom stereocenters. The standard InChI is InChI=1S/C19H22N2O6S/c1-21(13-19(22)20-14-4-6-15(25-2)7-5-14)28(23,24)16-8-9-17-18(12-16)27-11-3-10-26-17/h4-9,12H,3,10-11,13H2,1-2H3,(H,20,22). The summed E-state index contributed by atoms with van der Waals surface area (Å²) in [6.45, 7) is 0.643. The zero-order chi connectivity index (χ0) is 20.1. The molecule has 0 radical (unpaired) electrons. The molecule has 2 aromatic carbocycles. The number of hydrogen-bond donors (Lipinski definition) is 1. The van der Waals surface area contributed by atoms with Crippen LogP contribution < -0.4 is 19.5 Å². The number of hydrogen-bond acceptors (Lipinski definition) is 6. The van der Waals surface area contributed by atoms with Crippen molar-refractivity contribution in [3.8, 4) is 17.2 Å². The Morgan fingerprint density at radius 3 is 2.46 bits per heavy atom. The van der Waals surface area contributed by atoms with Gasteiger partial charge in [0.2, 0.25) is 15.9 Å². The number of likely N-dealkylation sites (N-methyl/N-ethyl adjacent to an activating group) is 1. The molecule has 0 aromatic heterocycles. The van der Waals surface area contributed by atoms with Crippen LogP contribution in [0.1, 0.15) is 6.42 Å². The second-order valence-electron chi connectivity index (χ2n) is 6.20. The Kier molecular flexibility index (Phi) is 6.05. The number of rotatable bonds is 6. The van der Waals surface area contributed by atoms with Gasteiger partial charge < -0.3 is 19.5 Å². The van der Waals surface area contributed by atoms with Crippen LogP contribution in [0.25, 0.3) is 0 Å². The van der Waals surface area contributed by atoms with Crippen LogP contribution in [0.2, 0.25) is 0 Å². The Balaban J connectivity index is 1.69. The monoisotopic (exact) mass is 406 g/mol. The van der Waals surface area contributed by atoms with E-state index in [-0.39, 0.29) is 11.4 Å². The van der Waals surface area contributed by atoms with Crippen molar-refractivity contribution in [2.24, 2.45) is 0 Å². The SMILES string of the molecule is COc1ccc(NC(=O)CN(C)S(=O)(=O)c2ccc3c(c2)OCCCO3)cc1. The lowest BCUT2D eigenvalue weighted by molar-refractivity contribution is -0.116. The molecule has 0 aliphatic carbocycles. The molecule has 3 rings (SSSR count). The van der Waals surface area contributed by atoms with E-state index in [0.717, 1.165) is 10.7 Å². The number of fused-ring (bicyclic) bond motifs is 1. The number of anilines is 1. The van der Waals surface area contributed by atoms with Crippen LogP contribution in [0.4, 0.5) is 5.69 Å². The molecule has 150 valence electrons. The number of amides is 1. The van der Waals surface area contributed by atoms with E-state index in [1.807, 2.05) is 0 Å². The summed E-state index contributed by atoms with van der Waals surface area (Å²) in [4.78, 5) is 12.3. The average Bonchev–Trinajstić information content (AvgIpc) is 2.93. The third-order valence-electron chi connectivity index (χ3n) is 4.17. The molecular weight excluding hydrogens is 384 g/mol. The minimum absolute atomic E-state index is 0.0384. The van der Waals surface area contributed by atoms with Gasteiger partial charge in [-0.25, -0.2) is 8.42 Å². The van der Waals surface area contributed by atoms with Gasteiger partial charge in [-0.05, 0) is 36.4 Å². The number of methoxy groups -OCH3 is 1. The Bertz CT molecular complexity index is 943. The minimum atomic E-state index is -3.87. The summed E-state index contributed by atoms with van der Waals surface area (Å²) >= 11 is 0. The lowest BCUT2D eigenvalue weighted by atomic mass is 10.3. The predicted molar refractivity (Wildman–Crippen MR) is 103 cm³/mol. The number of benzene rings is 2. The van der Waals surface area contributed by atoms with Crippen LogP contribution in [-0.2, 0) is 14.8 Å². The van der Waals surface area contributed by atoms with Gasteiger partial charge >= 0.3 is 0 Å². The number of sulfonamides is 1. The van der Waals surface area contributed by atoms with Crippen LogP contribution in [-0.4, -0.2) is 52.5 Å². The highest BCUT2D eigenvalue weighted by Crippen LogP contribution is 2.32. The fourth-order valence-corrected chi connectivity index (χ4v) is 3.79. The first kappa shape index (κ1) is 20.0. The Hall–Kier alpha value is -2.78. The molecule has 1 heterocycles. The highest BCUT2D eigenvalue weighted by molar-refractivity contribution is 7.89. The first-order valence-electron chi connectivity index (χ1n) is 8.70. The van der Waals surface area contributed by atoms with Crippen LogP contribution in [0, 0.1) is 0 Å². The van der Waals surface area contributed by atoms with Crippen molar-refractivity contribution >= 4 is 21.6 Å². The molecule has 1 amide bonds. The fourth-order valence-electron chi connectivity index (χ4n) is 2.65. The van der Waals surface area contributed by atoms with E-state index in [1.165, 1.54) is 19.2 Å². The van der Waals surface area contributed by atoms with Crippen molar-refractivity contribution < 1.29 is 27.4 Å². The maximum absolute atomic E-state index is 12.8. The van der Waals surface area contributed by atoms with E-state index in [9.17, 15) is 13.2 Å². The van der Waals surface area contributed by atoms with E-state index < -0.39 is 15.9 Å². The summed E-state index contributed by atoms with van der Waals surface area (Å²) < 4.78 is 42.7. The van der Waals surface area contributed by atoms with Gasteiger partial charge in [-0.15, -0.1) is 0 Å². The van der Waals surface area contributed by atoms with Gasteiger partial charge in [0.1, 0.15) is 5.75 Å². The van der Waals surface area contributed by atoms with E-state index in [2.05, 4.69) is 5.32 Å². The summed E-state index contributed by atoms with van der Waals surface area (Å²) in [5, 5.41) is 2.66. The molecule has 1 aliphatic rings. The number of ether oxygens (including phenoxy) is 3. The van der Waals surface area contributed by atoms with E-state index >= 15 is 0 Å². The van der Waals surface area contributed by atoms with Crippen molar-refractivity contribution in [3.05, 3.63) is 42.5 Å². The van der Waals surface area contributed by atoms with Crippen molar-refractivity contribution in [3.63, 3.8) is 0 Å². The number of nitrogens with zero attached hydrogens (tertiary/aromatic N) is 1. The molecule has 0 spiro atoms. The summed E-state index contributed by atoms with van der Waals surface area (Å²) in [7, 11) is -0.964. The maximum Gasteiger partial charge on any atom is 0.243 e. The van der Waals surface area contributed by atoms with Gasteiger partial charge in [0, 0.05) is 25.2 Å². The first-order valence-corrected chi connectivity index (χ1v) is 10.1. The fraction of sp³-hybridized carbons (Fsp3) is 0.316. The Morgan fingerprint density at radius 1 is 1.11 bits per heavy atom. The van der Waals surface area contributed by atoms with Gasteiger partial charge in [-0.1, -0.05) is 0 Å². The zero-order valence-electron chi connectivity index (χ0n) is 15.7. The Morgan fingerprint density at radius 2 is 1.79 bits per heavy atom. The van der Waals surface area contributed by atoms with E-state index in [4.69, 9.17) is 14.2 Å². The largest absolute Gasteiger partial charge is 0.497 e. The van der Waals surface area contributed by atoms with Gasteiger partial charge in [0.15, 0.2) is 11.5 Å². The molecule has 0 fully saturated rings. The average molecular weight is 406 g/mol. The molecule has 9 heteroatoms. The highest BCUT2D eigenvalue weighted by atomic mass is 32.2. The Labute approximate surface area is 164 Å². The van der Waals surface area contributed by atoms with Crippen molar-refractivity contribution in [2.45, 2.75) is 11.3 Å². The van der Waals surface area contributed by atoms with Crippen LogP contribution >= 0.6 is 0 Å². The molecule has 8 nitrogen and oxygen atoms in total. The first-order chi connectivity index (χ1) is 13.4. The summed E-state index contributed by atoms with van der Waals surface area (Å²) in [5.41, 5.74) is 0.548. The highest BCUT2D eigenvalue weighted by Gasteiger charge is 2.25. The van der Waals surface area contributed by atoms with Crippen LogP contribution in [0.3, 0.4) is 0 Å². The second kappa shape index (κ2) is 8.49. The van der Waals surface area contributed by atoms with Crippen molar-refractivity contribution in [1.82, 2.24) is 4.31 Å². The molecule has 0 atom stereocenters. The number of carbonyl (C=O) groups excluding carboxylic acids is 1.